The SMILES string of the molecule is COC(=O)[C@H](C)NC(=O)c1ccc2c(c1)OCCO2. The Morgan fingerprint density at radius 3 is 2.63 bits per heavy atom. The van der Waals surface area contributed by atoms with Gasteiger partial charge in [-0.2, -0.15) is 0 Å². The van der Waals surface area contributed by atoms with Crippen LogP contribution in [-0.2, 0) is 9.53 Å². The number of hydrogen-bond donors (Lipinski definition) is 1. The van der Waals surface area contributed by atoms with Gasteiger partial charge in [0.2, 0.25) is 0 Å². The third-order valence-electron chi connectivity index (χ3n) is 2.71. The number of nitrogens with one attached hydrogen (secondary N) is 1. The molecule has 0 saturated heterocycles. The zero-order chi connectivity index (χ0) is 13.8. The quantitative estimate of drug-likeness (QED) is 0.816. The summed E-state index contributed by atoms with van der Waals surface area (Å²) in [7, 11) is 1.27. The Morgan fingerprint density at radius 2 is 1.95 bits per heavy atom. The van der Waals surface area contributed by atoms with E-state index in [4.69, 9.17) is 9.47 Å². The van der Waals surface area contributed by atoms with Crippen molar-refractivity contribution in [3.05, 3.63) is 23.8 Å². The predicted octanol–water partition coefficient (Wildman–Crippen LogP) is 0.749. The van der Waals surface area contributed by atoms with Crippen molar-refractivity contribution in [1.82, 2.24) is 5.32 Å². The second-order valence-electron chi connectivity index (χ2n) is 4.08. The van der Waals surface area contributed by atoms with Crippen LogP contribution in [0.1, 0.15) is 17.3 Å². The van der Waals surface area contributed by atoms with Crippen molar-refractivity contribution in [1.29, 1.82) is 0 Å². The first-order valence-corrected chi connectivity index (χ1v) is 5.90. The van der Waals surface area contributed by atoms with Crippen LogP contribution in [0.3, 0.4) is 0 Å². The van der Waals surface area contributed by atoms with E-state index in [1.807, 2.05) is 0 Å². The van der Waals surface area contributed by atoms with Crippen molar-refractivity contribution < 1.29 is 23.8 Å². The standard InChI is InChI=1S/C13H15NO5/c1-8(13(16)17-2)14-12(15)9-3-4-10-11(7-9)19-6-5-18-10/h3-4,7-8H,5-6H2,1-2H3,(H,14,15)/t8-/m0/s1. The Bertz CT molecular complexity index is 500. The summed E-state index contributed by atoms with van der Waals surface area (Å²) in [6.45, 7) is 2.51. The molecule has 0 bridgehead atoms. The molecule has 1 aliphatic rings. The minimum Gasteiger partial charge on any atom is -0.486 e. The number of methoxy groups -OCH3 is 1. The number of carbonyl (C=O) groups is 2. The second-order valence-corrected chi connectivity index (χ2v) is 4.08. The van der Waals surface area contributed by atoms with E-state index < -0.39 is 12.0 Å². The van der Waals surface area contributed by atoms with E-state index in [0.717, 1.165) is 0 Å². The number of fused-ring (bicyclic) bond motifs is 1. The molecule has 0 unspecified atom stereocenters. The molecule has 0 aromatic heterocycles. The number of hydrogen-bond acceptors (Lipinski definition) is 5. The molecular formula is C13H15NO5. The van der Waals surface area contributed by atoms with E-state index in [-0.39, 0.29) is 5.91 Å². The average molecular weight is 265 g/mol. The fourth-order valence-electron chi connectivity index (χ4n) is 1.70. The number of amides is 1. The van der Waals surface area contributed by atoms with Crippen LogP contribution < -0.4 is 14.8 Å². The van der Waals surface area contributed by atoms with Crippen LogP contribution in [0.5, 0.6) is 11.5 Å². The van der Waals surface area contributed by atoms with E-state index in [0.29, 0.717) is 30.3 Å². The van der Waals surface area contributed by atoms with Gasteiger partial charge in [-0.05, 0) is 25.1 Å². The lowest BCUT2D eigenvalue weighted by atomic mass is 10.1. The van der Waals surface area contributed by atoms with Crippen LogP contribution in [0, 0.1) is 0 Å². The molecule has 1 aromatic carbocycles. The maximum absolute atomic E-state index is 11.9. The number of carbonyl (C=O) groups excluding carboxylic acids is 2. The molecule has 1 N–H and O–H groups in total. The third kappa shape index (κ3) is 2.96. The molecule has 0 radical (unpaired) electrons. The van der Waals surface area contributed by atoms with Crippen molar-refractivity contribution >= 4 is 11.9 Å². The Balaban J connectivity index is 2.09. The second kappa shape index (κ2) is 5.60. The molecule has 1 atom stereocenters. The number of ether oxygens (including phenoxy) is 3. The van der Waals surface area contributed by atoms with Crippen molar-refractivity contribution in [2.45, 2.75) is 13.0 Å². The highest BCUT2D eigenvalue weighted by Gasteiger charge is 2.19. The summed E-state index contributed by atoms with van der Waals surface area (Å²) in [6.07, 6.45) is 0. The summed E-state index contributed by atoms with van der Waals surface area (Å²) in [6, 6.07) is 4.18. The summed E-state index contributed by atoms with van der Waals surface area (Å²) < 4.78 is 15.3. The van der Waals surface area contributed by atoms with Crippen LogP contribution in [0.4, 0.5) is 0 Å². The molecular weight excluding hydrogens is 250 g/mol. The monoisotopic (exact) mass is 265 g/mol. The van der Waals surface area contributed by atoms with Gasteiger partial charge in [-0.25, -0.2) is 4.79 Å². The maximum Gasteiger partial charge on any atom is 0.328 e. The Hall–Kier alpha value is -2.24. The summed E-state index contributed by atoms with van der Waals surface area (Å²) in [5.41, 5.74) is 0.403. The predicted molar refractivity (Wildman–Crippen MR) is 66.4 cm³/mol. The molecule has 1 aliphatic heterocycles. The van der Waals surface area contributed by atoms with Crippen LogP contribution >= 0.6 is 0 Å². The molecule has 6 heteroatoms. The van der Waals surface area contributed by atoms with E-state index >= 15 is 0 Å². The van der Waals surface area contributed by atoms with Gasteiger partial charge in [0, 0.05) is 5.56 Å². The van der Waals surface area contributed by atoms with Gasteiger partial charge in [0.1, 0.15) is 19.3 Å². The van der Waals surface area contributed by atoms with Gasteiger partial charge >= 0.3 is 5.97 Å². The van der Waals surface area contributed by atoms with Crippen molar-refractivity contribution in [3.8, 4) is 11.5 Å². The highest BCUT2D eigenvalue weighted by Crippen LogP contribution is 2.30. The Labute approximate surface area is 110 Å². The van der Waals surface area contributed by atoms with Crippen LogP contribution in [0.2, 0.25) is 0 Å². The fourth-order valence-corrected chi connectivity index (χ4v) is 1.70. The first-order chi connectivity index (χ1) is 9.11. The van der Waals surface area contributed by atoms with Gasteiger partial charge in [0.05, 0.1) is 7.11 Å². The highest BCUT2D eigenvalue weighted by molar-refractivity contribution is 5.97. The van der Waals surface area contributed by atoms with Crippen molar-refractivity contribution in [2.24, 2.45) is 0 Å². The van der Waals surface area contributed by atoms with Crippen LogP contribution in [0.15, 0.2) is 18.2 Å². The molecule has 1 amide bonds. The third-order valence-corrected chi connectivity index (χ3v) is 2.71. The van der Waals surface area contributed by atoms with Gasteiger partial charge in [0.25, 0.3) is 5.91 Å². The van der Waals surface area contributed by atoms with Gasteiger partial charge < -0.3 is 19.5 Å². The molecule has 1 aromatic rings. The number of rotatable bonds is 3. The molecule has 2 rings (SSSR count). The topological polar surface area (TPSA) is 73.9 Å². The summed E-state index contributed by atoms with van der Waals surface area (Å²) in [5.74, 6) is 0.286. The summed E-state index contributed by atoms with van der Waals surface area (Å²) >= 11 is 0. The van der Waals surface area contributed by atoms with E-state index in [9.17, 15) is 9.59 Å². The number of benzene rings is 1. The lowest BCUT2D eigenvalue weighted by molar-refractivity contribution is -0.142. The normalized spacial score (nSPS) is 14.4. The molecule has 0 spiro atoms. The van der Waals surface area contributed by atoms with E-state index in [1.54, 1.807) is 25.1 Å². The lowest BCUT2D eigenvalue weighted by Gasteiger charge is -2.19. The largest absolute Gasteiger partial charge is 0.486 e. The minimum atomic E-state index is -0.703. The zero-order valence-electron chi connectivity index (χ0n) is 10.8. The molecule has 0 fully saturated rings. The maximum atomic E-state index is 11.9. The Kier molecular flexibility index (Phi) is 3.89. The molecule has 1 heterocycles. The molecule has 19 heavy (non-hydrogen) atoms. The molecule has 102 valence electrons. The first kappa shape index (κ1) is 13.2. The summed E-state index contributed by atoms with van der Waals surface area (Å²) in [5, 5.41) is 2.54. The fraction of sp³-hybridized carbons (Fsp3) is 0.385. The lowest BCUT2D eigenvalue weighted by Crippen LogP contribution is -2.39. The van der Waals surface area contributed by atoms with Crippen LogP contribution in [-0.4, -0.2) is 38.2 Å². The Morgan fingerprint density at radius 1 is 1.26 bits per heavy atom. The van der Waals surface area contributed by atoms with Gasteiger partial charge in [-0.3, -0.25) is 4.79 Å². The average Bonchev–Trinajstić information content (AvgIpc) is 2.45. The number of esters is 1. The molecule has 6 nitrogen and oxygen atoms in total. The smallest absolute Gasteiger partial charge is 0.328 e. The van der Waals surface area contributed by atoms with Gasteiger partial charge in [-0.1, -0.05) is 0 Å². The van der Waals surface area contributed by atoms with E-state index in [1.165, 1.54) is 7.11 Å². The molecule has 0 saturated carbocycles. The van der Waals surface area contributed by atoms with Crippen molar-refractivity contribution in [3.63, 3.8) is 0 Å². The van der Waals surface area contributed by atoms with Gasteiger partial charge in [0.15, 0.2) is 11.5 Å². The van der Waals surface area contributed by atoms with Crippen molar-refractivity contribution in [2.75, 3.05) is 20.3 Å². The first-order valence-electron chi connectivity index (χ1n) is 5.90. The molecule has 0 aliphatic carbocycles. The van der Waals surface area contributed by atoms with Gasteiger partial charge in [-0.15, -0.1) is 0 Å². The zero-order valence-corrected chi connectivity index (χ0v) is 10.8. The summed E-state index contributed by atoms with van der Waals surface area (Å²) in [4.78, 5) is 23.2. The highest BCUT2D eigenvalue weighted by atomic mass is 16.6. The van der Waals surface area contributed by atoms with E-state index in [2.05, 4.69) is 10.1 Å². The minimum absolute atomic E-state index is 0.366. The van der Waals surface area contributed by atoms with Crippen LogP contribution in [0.25, 0.3) is 0 Å².